The Morgan fingerprint density at radius 2 is 2.05 bits per heavy atom. The van der Waals surface area contributed by atoms with Crippen molar-refractivity contribution < 1.29 is 14.3 Å². The molecule has 3 rings (SSSR count). The largest absolute Gasteiger partial charge is 0.467 e. The molecule has 1 N–H and O–H groups in total. The zero-order chi connectivity index (χ0) is 15.2. The standard InChI is InChI=1S/C18H23NO3/c20-17(18-7-4-9-22-18)13-19(12-16-8-10-21-14-16)11-15-5-2-1-3-6-15/h1-7,9,16-17,20H,8,10-14H2/t16-,17+/m0/s1. The summed E-state index contributed by atoms with van der Waals surface area (Å²) < 4.78 is 10.8. The summed E-state index contributed by atoms with van der Waals surface area (Å²) in [5.74, 6) is 1.17. The topological polar surface area (TPSA) is 45.8 Å². The van der Waals surface area contributed by atoms with Crippen LogP contribution in [0.15, 0.2) is 53.1 Å². The number of hydrogen-bond donors (Lipinski definition) is 1. The number of benzene rings is 1. The quantitative estimate of drug-likeness (QED) is 0.854. The first-order chi connectivity index (χ1) is 10.8. The maximum atomic E-state index is 10.4. The third kappa shape index (κ3) is 4.19. The van der Waals surface area contributed by atoms with Crippen molar-refractivity contribution in [3.63, 3.8) is 0 Å². The molecule has 1 aromatic carbocycles. The summed E-state index contributed by atoms with van der Waals surface area (Å²) in [5.41, 5.74) is 1.26. The van der Waals surface area contributed by atoms with Crippen LogP contribution in [0.2, 0.25) is 0 Å². The van der Waals surface area contributed by atoms with E-state index in [4.69, 9.17) is 9.15 Å². The van der Waals surface area contributed by atoms with Gasteiger partial charge in [0.2, 0.25) is 0 Å². The molecule has 22 heavy (non-hydrogen) atoms. The highest BCUT2D eigenvalue weighted by Crippen LogP contribution is 2.20. The zero-order valence-corrected chi connectivity index (χ0v) is 12.7. The average molecular weight is 301 g/mol. The van der Waals surface area contributed by atoms with Gasteiger partial charge in [-0.15, -0.1) is 0 Å². The van der Waals surface area contributed by atoms with E-state index >= 15 is 0 Å². The van der Waals surface area contributed by atoms with Crippen LogP contribution in [0.1, 0.15) is 23.8 Å². The number of hydrogen-bond acceptors (Lipinski definition) is 4. The molecule has 1 aromatic heterocycles. The molecule has 1 saturated heterocycles. The molecular formula is C18H23NO3. The van der Waals surface area contributed by atoms with Crippen LogP contribution in [0.5, 0.6) is 0 Å². The SMILES string of the molecule is O[C@H](CN(Cc1ccccc1)C[C@@H]1CCOC1)c1ccco1. The first-order valence-corrected chi connectivity index (χ1v) is 7.87. The van der Waals surface area contributed by atoms with Gasteiger partial charge in [0.25, 0.3) is 0 Å². The van der Waals surface area contributed by atoms with Crippen LogP contribution in [-0.4, -0.2) is 36.3 Å². The first kappa shape index (κ1) is 15.3. The smallest absolute Gasteiger partial charge is 0.133 e. The van der Waals surface area contributed by atoms with Gasteiger partial charge in [0.15, 0.2) is 0 Å². The van der Waals surface area contributed by atoms with Crippen molar-refractivity contribution in [3.05, 3.63) is 60.1 Å². The molecule has 1 aliphatic rings. The lowest BCUT2D eigenvalue weighted by Gasteiger charge is -2.26. The van der Waals surface area contributed by atoms with Crippen LogP contribution in [0.25, 0.3) is 0 Å². The summed E-state index contributed by atoms with van der Waals surface area (Å²) in [6.07, 6.45) is 2.11. The van der Waals surface area contributed by atoms with Gasteiger partial charge < -0.3 is 14.3 Å². The van der Waals surface area contributed by atoms with Crippen molar-refractivity contribution in [2.45, 2.75) is 19.1 Å². The number of nitrogens with zero attached hydrogens (tertiary/aromatic N) is 1. The lowest BCUT2D eigenvalue weighted by Crippen LogP contribution is -2.33. The van der Waals surface area contributed by atoms with Gasteiger partial charge in [0.05, 0.1) is 12.9 Å². The number of ether oxygens (including phenoxy) is 1. The van der Waals surface area contributed by atoms with E-state index in [1.165, 1.54) is 5.56 Å². The van der Waals surface area contributed by atoms with Crippen LogP contribution < -0.4 is 0 Å². The van der Waals surface area contributed by atoms with Crippen molar-refractivity contribution >= 4 is 0 Å². The highest BCUT2D eigenvalue weighted by atomic mass is 16.5. The maximum Gasteiger partial charge on any atom is 0.133 e. The van der Waals surface area contributed by atoms with E-state index in [9.17, 15) is 5.11 Å². The fourth-order valence-electron chi connectivity index (χ4n) is 2.95. The van der Waals surface area contributed by atoms with Gasteiger partial charge in [-0.2, -0.15) is 0 Å². The van der Waals surface area contributed by atoms with Crippen molar-refractivity contribution in [1.29, 1.82) is 0 Å². The Kier molecular flexibility index (Phi) is 5.27. The van der Waals surface area contributed by atoms with Crippen LogP contribution in [0, 0.1) is 5.92 Å². The lowest BCUT2D eigenvalue weighted by molar-refractivity contribution is 0.0797. The van der Waals surface area contributed by atoms with Crippen LogP contribution in [0.4, 0.5) is 0 Å². The van der Waals surface area contributed by atoms with Crippen molar-refractivity contribution in [3.8, 4) is 0 Å². The van der Waals surface area contributed by atoms with Crippen molar-refractivity contribution in [2.75, 3.05) is 26.3 Å². The molecule has 0 bridgehead atoms. The molecule has 2 atom stereocenters. The fraction of sp³-hybridized carbons (Fsp3) is 0.444. The predicted molar refractivity (Wildman–Crippen MR) is 84.3 cm³/mol. The molecule has 0 aliphatic carbocycles. The second-order valence-electron chi connectivity index (χ2n) is 5.94. The molecule has 0 unspecified atom stereocenters. The Hall–Kier alpha value is -1.62. The number of aliphatic hydroxyl groups is 1. The Morgan fingerprint density at radius 3 is 2.73 bits per heavy atom. The predicted octanol–water partition coefficient (Wildman–Crippen LogP) is 2.85. The third-order valence-corrected chi connectivity index (χ3v) is 4.09. The minimum absolute atomic E-state index is 0.549. The molecule has 1 aliphatic heterocycles. The zero-order valence-electron chi connectivity index (χ0n) is 12.7. The van der Waals surface area contributed by atoms with Gasteiger partial charge >= 0.3 is 0 Å². The molecule has 4 heteroatoms. The van der Waals surface area contributed by atoms with Gasteiger partial charge in [0, 0.05) is 26.2 Å². The first-order valence-electron chi connectivity index (χ1n) is 7.87. The van der Waals surface area contributed by atoms with Gasteiger partial charge in [0.1, 0.15) is 11.9 Å². The van der Waals surface area contributed by atoms with E-state index in [-0.39, 0.29) is 0 Å². The molecular weight excluding hydrogens is 278 g/mol. The highest BCUT2D eigenvalue weighted by Gasteiger charge is 2.22. The van der Waals surface area contributed by atoms with Crippen molar-refractivity contribution in [2.24, 2.45) is 5.92 Å². The highest BCUT2D eigenvalue weighted by molar-refractivity contribution is 5.14. The lowest BCUT2D eigenvalue weighted by atomic mass is 10.1. The van der Waals surface area contributed by atoms with Gasteiger partial charge in [-0.1, -0.05) is 30.3 Å². The maximum absolute atomic E-state index is 10.4. The van der Waals surface area contributed by atoms with Gasteiger partial charge in [-0.3, -0.25) is 4.90 Å². The Morgan fingerprint density at radius 1 is 1.18 bits per heavy atom. The monoisotopic (exact) mass is 301 g/mol. The van der Waals surface area contributed by atoms with E-state index in [0.29, 0.717) is 18.2 Å². The van der Waals surface area contributed by atoms with Crippen LogP contribution in [-0.2, 0) is 11.3 Å². The Bertz CT molecular complexity index is 535. The van der Waals surface area contributed by atoms with E-state index in [2.05, 4.69) is 29.2 Å². The fourth-order valence-corrected chi connectivity index (χ4v) is 2.95. The molecule has 118 valence electrons. The summed E-state index contributed by atoms with van der Waals surface area (Å²) in [5, 5.41) is 10.4. The number of rotatable bonds is 7. The van der Waals surface area contributed by atoms with E-state index in [0.717, 1.165) is 32.7 Å². The summed E-state index contributed by atoms with van der Waals surface area (Å²) in [6, 6.07) is 14.0. The minimum atomic E-state index is -0.596. The molecule has 0 saturated carbocycles. The van der Waals surface area contributed by atoms with Crippen LogP contribution in [0.3, 0.4) is 0 Å². The van der Waals surface area contributed by atoms with Gasteiger partial charge in [-0.25, -0.2) is 0 Å². The molecule has 1 fully saturated rings. The normalized spacial score (nSPS) is 19.6. The molecule has 4 nitrogen and oxygen atoms in total. The number of furan rings is 1. The molecule has 0 spiro atoms. The van der Waals surface area contributed by atoms with E-state index in [1.54, 1.807) is 6.26 Å². The Labute approximate surface area is 131 Å². The van der Waals surface area contributed by atoms with Crippen LogP contribution >= 0.6 is 0 Å². The van der Waals surface area contributed by atoms with Crippen molar-refractivity contribution in [1.82, 2.24) is 4.90 Å². The van der Waals surface area contributed by atoms with E-state index < -0.39 is 6.10 Å². The second-order valence-corrected chi connectivity index (χ2v) is 5.94. The number of aliphatic hydroxyl groups excluding tert-OH is 1. The Balaban J connectivity index is 1.64. The molecule has 2 aromatic rings. The average Bonchev–Trinajstić information content (AvgIpc) is 3.21. The molecule has 0 radical (unpaired) electrons. The second kappa shape index (κ2) is 7.58. The minimum Gasteiger partial charge on any atom is -0.467 e. The third-order valence-electron chi connectivity index (χ3n) is 4.09. The summed E-state index contributed by atoms with van der Waals surface area (Å²) in [6.45, 7) is 4.01. The molecule has 2 heterocycles. The van der Waals surface area contributed by atoms with E-state index in [1.807, 2.05) is 18.2 Å². The van der Waals surface area contributed by atoms with Gasteiger partial charge in [-0.05, 0) is 30.0 Å². The summed E-state index contributed by atoms with van der Waals surface area (Å²) in [7, 11) is 0. The summed E-state index contributed by atoms with van der Waals surface area (Å²) in [4.78, 5) is 2.29. The summed E-state index contributed by atoms with van der Waals surface area (Å²) >= 11 is 0. The molecule has 0 amide bonds.